The zero-order valence-electron chi connectivity index (χ0n) is 13.0. The van der Waals surface area contributed by atoms with Crippen molar-refractivity contribution in [3.63, 3.8) is 0 Å². The van der Waals surface area contributed by atoms with Crippen LogP contribution < -0.4 is 10.0 Å². The highest BCUT2D eigenvalue weighted by atomic mass is 35.5. The lowest BCUT2D eigenvalue weighted by molar-refractivity contribution is 0.491. The number of rotatable bonds is 5. The molecule has 1 heterocycles. The predicted octanol–water partition coefficient (Wildman–Crippen LogP) is 2.55. The lowest BCUT2D eigenvalue weighted by Crippen LogP contribution is -2.39. The van der Waals surface area contributed by atoms with Gasteiger partial charge in [0.05, 0.1) is 5.75 Å². The summed E-state index contributed by atoms with van der Waals surface area (Å²) in [5.41, 5.74) is 2.54. The van der Waals surface area contributed by atoms with Gasteiger partial charge in [-0.3, -0.25) is 0 Å². The van der Waals surface area contributed by atoms with Crippen LogP contribution in [0.3, 0.4) is 0 Å². The van der Waals surface area contributed by atoms with Crippen molar-refractivity contribution >= 4 is 22.4 Å². The van der Waals surface area contributed by atoms with Crippen molar-refractivity contribution in [2.45, 2.75) is 18.2 Å². The van der Waals surface area contributed by atoms with E-state index in [9.17, 15) is 12.8 Å². The number of hydrogen-bond donors (Lipinski definition) is 2. The molecular formula is C17H20ClFN2O2S. The maximum absolute atomic E-state index is 13.6. The third-order valence-corrected chi connectivity index (χ3v) is 5.32. The maximum atomic E-state index is 13.6. The van der Waals surface area contributed by atoms with E-state index < -0.39 is 15.8 Å². The standard InChI is InChI=1S/C17H19FN2O2S.ClH/c18-16-8-4-2-6-14(16)12-23(21,22)20-11-17-15-7-3-1-5-13(15)9-10-19-17;/h1-8,17,19-20H,9-12H2;1H. The average molecular weight is 371 g/mol. The molecule has 4 nitrogen and oxygen atoms in total. The van der Waals surface area contributed by atoms with Gasteiger partial charge in [-0.05, 0) is 30.2 Å². The van der Waals surface area contributed by atoms with Gasteiger partial charge in [0.1, 0.15) is 5.82 Å². The quantitative estimate of drug-likeness (QED) is 0.850. The number of nitrogens with one attached hydrogen (secondary N) is 2. The summed E-state index contributed by atoms with van der Waals surface area (Å²) < 4.78 is 40.6. The topological polar surface area (TPSA) is 58.2 Å². The van der Waals surface area contributed by atoms with Gasteiger partial charge in [-0.15, -0.1) is 12.4 Å². The monoisotopic (exact) mass is 370 g/mol. The first-order chi connectivity index (χ1) is 11.1. The minimum atomic E-state index is -3.59. The van der Waals surface area contributed by atoms with Gasteiger partial charge in [0, 0.05) is 18.2 Å². The Bertz CT molecular complexity index is 799. The summed E-state index contributed by atoms with van der Waals surface area (Å²) in [4.78, 5) is 0. The van der Waals surface area contributed by atoms with Crippen LogP contribution in [0.15, 0.2) is 48.5 Å². The molecule has 1 atom stereocenters. The normalized spacial score (nSPS) is 17.0. The molecule has 1 unspecified atom stereocenters. The Morgan fingerprint density at radius 2 is 1.83 bits per heavy atom. The first kappa shape index (κ1) is 18.9. The highest BCUT2D eigenvalue weighted by Crippen LogP contribution is 2.22. The molecule has 3 rings (SSSR count). The second-order valence-corrected chi connectivity index (χ2v) is 7.46. The highest BCUT2D eigenvalue weighted by molar-refractivity contribution is 7.88. The van der Waals surface area contributed by atoms with E-state index >= 15 is 0 Å². The van der Waals surface area contributed by atoms with E-state index in [0.717, 1.165) is 18.5 Å². The summed E-state index contributed by atoms with van der Waals surface area (Å²) in [5, 5.41) is 3.32. The Morgan fingerprint density at radius 1 is 1.12 bits per heavy atom. The van der Waals surface area contributed by atoms with Crippen molar-refractivity contribution in [3.8, 4) is 0 Å². The van der Waals surface area contributed by atoms with Crippen molar-refractivity contribution in [1.29, 1.82) is 0 Å². The van der Waals surface area contributed by atoms with Crippen LogP contribution in [0.5, 0.6) is 0 Å². The summed E-state index contributed by atoms with van der Waals surface area (Å²) in [6.45, 7) is 1.07. The molecule has 130 valence electrons. The van der Waals surface area contributed by atoms with Crippen molar-refractivity contribution in [2.75, 3.05) is 13.1 Å². The molecule has 0 spiro atoms. The van der Waals surface area contributed by atoms with Gasteiger partial charge in [0.2, 0.25) is 10.0 Å². The van der Waals surface area contributed by atoms with E-state index in [4.69, 9.17) is 0 Å². The molecule has 0 saturated carbocycles. The van der Waals surface area contributed by atoms with Gasteiger partial charge >= 0.3 is 0 Å². The van der Waals surface area contributed by atoms with Gasteiger partial charge in [-0.25, -0.2) is 17.5 Å². The Balaban J connectivity index is 0.00000208. The second kappa shape index (κ2) is 8.07. The van der Waals surface area contributed by atoms with Crippen molar-refractivity contribution in [1.82, 2.24) is 10.0 Å². The van der Waals surface area contributed by atoms with Crippen LogP contribution in [0, 0.1) is 5.82 Å². The molecule has 0 aromatic heterocycles. The van der Waals surface area contributed by atoms with E-state index in [1.54, 1.807) is 12.1 Å². The second-order valence-electron chi connectivity index (χ2n) is 5.65. The van der Waals surface area contributed by atoms with Gasteiger partial charge in [-0.1, -0.05) is 42.5 Å². The van der Waals surface area contributed by atoms with Crippen LogP contribution >= 0.6 is 12.4 Å². The minimum absolute atomic E-state index is 0. The number of sulfonamides is 1. The fraction of sp³-hybridized carbons (Fsp3) is 0.294. The first-order valence-corrected chi connectivity index (χ1v) is 9.22. The Kier molecular flexibility index (Phi) is 6.34. The smallest absolute Gasteiger partial charge is 0.215 e. The van der Waals surface area contributed by atoms with E-state index in [-0.39, 0.29) is 36.3 Å². The van der Waals surface area contributed by atoms with Crippen molar-refractivity contribution in [3.05, 3.63) is 71.0 Å². The number of halogens is 2. The van der Waals surface area contributed by atoms with Crippen LogP contribution in [0.25, 0.3) is 0 Å². The summed E-state index contributed by atoms with van der Waals surface area (Å²) in [7, 11) is -3.59. The van der Waals surface area contributed by atoms with Crippen LogP contribution in [0.2, 0.25) is 0 Å². The van der Waals surface area contributed by atoms with Crippen LogP contribution in [0.1, 0.15) is 22.7 Å². The molecule has 1 aliphatic rings. The molecule has 0 aliphatic carbocycles. The molecule has 7 heteroatoms. The summed E-state index contributed by atoms with van der Waals surface area (Å²) in [6, 6.07) is 13.9. The third kappa shape index (κ3) is 4.54. The third-order valence-electron chi connectivity index (χ3n) is 4.03. The molecule has 2 aromatic rings. The van der Waals surface area contributed by atoms with E-state index in [1.807, 2.05) is 18.2 Å². The summed E-state index contributed by atoms with van der Waals surface area (Å²) in [5.74, 6) is -0.854. The van der Waals surface area contributed by atoms with E-state index in [1.165, 1.54) is 17.7 Å². The minimum Gasteiger partial charge on any atom is -0.308 e. The fourth-order valence-electron chi connectivity index (χ4n) is 2.86. The molecule has 2 aromatic carbocycles. The van der Waals surface area contributed by atoms with Crippen LogP contribution in [-0.4, -0.2) is 21.5 Å². The van der Waals surface area contributed by atoms with E-state index in [0.29, 0.717) is 0 Å². The Hall–Kier alpha value is -1.47. The highest BCUT2D eigenvalue weighted by Gasteiger charge is 2.22. The molecular weight excluding hydrogens is 351 g/mol. The first-order valence-electron chi connectivity index (χ1n) is 7.57. The molecule has 1 aliphatic heterocycles. The molecule has 24 heavy (non-hydrogen) atoms. The van der Waals surface area contributed by atoms with E-state index in [2.05, 4.69) is 16.1 Å². The average Bonchev–Trinajstić information content (AvgIpc) is 2.55. The zero-order valence-corrected chi connectivity index (χ0v) is 14.7. The Labute approximate surface area is 147 Å². The maximum Gasteiger partial charge on any atom is 0.215 e. The van der Waals surface area contributed by atoms with Crippen LogP contribution in [0.4, 0.5) is 4.39 Å². The summed E-state index contributed by atoms with van der Waals surface area (Å²) in [6.07, 6.45) is 0.939. The van der Waals surface area contributed by atoms with Crippen LogP contribution in [-0.2, 0) is 22.2 Å². The predicted molar refractivity (Wildman–Crippen MR) is 95.2 cm³/mol. The van der Waals surface area contributed by atoms with Gasteiger partial charge in [0.15, 0.2) is 0 Å². The largest absolute Gasteiger partial charge is 0.308 e. The number of hydrogen-bond acceptors (Lipinski definition) is 3. The number of fused-ring (bicyclic) bond motifs is 1. The number of benzene rings is 2. The van der Waals surface area contributed by atoms with Crippen molar-refractivity contribution in [2.24, 2.45) is 0 Å². The molecule has 0 amide bonds. The Morgan fingerprint density at radius 3 is 2.62 bits per heavy atom. The van der Waals surface area contributed by atoms with Crippen molar-refractivity contribution < 1.29 is 12.8 Å². The zero-order chi connectivity index (χ0) is 16.3. The molecule has 0 saturated heterocycles. The lowest BCUT2D eigenvalue weighted by Gasteiger charge is -2.27. The molecule has 2 N–H and O–H groups in total. The molecule has 0 bridgehead atoms. The fourth-order valence-corrected chi connectivity index (χ4v) is 4.02. The molecule has 0 radical (unpaired) electrons. The van der Waals surface area contributed by atoms with Gasteiger partial charge in [-0.2, -0.15) is 0 Å². The van der Waals surface area contributed by atoms with Gasteiger partial charge < -0.3 is 5.32 Å². The van der Waals surface area contributed by atoms with Gasteiger partial charge in [0.25, 0.3) is 0 Å². The lowest BCUT2D eigenvalue weighted by atomic mass is 9.95. The SMILES string of the molecule is Cl.O=S(=O)(Cc1ccccc1F)NCC1NCCc2ccccc21. The summed E-state index contributed by atoms with van der Waals surface area (Å²) >= 11 is 0. The molecule has 0 fully saturated rings.